The maximum absolute atomic E-state index is 11.5. The minimum Gasteiger partial charge on any atom is -0.341 e. The lowest BCUT2D eigenvalue weighted by molar-refractivity contribution is -0.130. The minimum atomic E-state index is 0. The van der Waals surface area contributed by atoms with Gasteiger partial charge in [-0.1, -0.05) is 24.3 Å². The maximum atomic E-state index is 11.5. The molecule has 0 unspecified atom stereocenters. The highest BCUT2D eigenvalue weighted by atomic mass is 35.5. The van der Waals surface area contributed by atoms with E-state index in [-0.39, 0.29) is 24.9 Å². The zero-order valence-corrected chi connectivity index (χ0v) is 10.2. The number of rotatable bonds is 2. The van der Waals surface area contributed by atoms with Crippen LogP contribution in [-0.4, -0.2) is 30.4 Å². The van der Waals surface area contributed by atoms with Gasteiger partial charge in [0.15, 0.2) is 0 Å². The monoisotopic (exact) mass is 240 g/mol. The van der Waals surface area contributed by atoms with Gasteiger partial charge in [0.05, 0.1) is 6.54 Å². The number of hydrogen-bond donors (Lipinski definition) is 1. The van der Waals surface area contributed by atoms with Crippen molar-refractivity contribution in [3.05, 3.63) is 35.4 Å². The predicted molar refractivity (Wildman–Crippen MR) is 66.7 cm³/mol. The molecule has 0 saturated carbocycles. The number of hydrogen-bond acceptors (Lipinski definition) is 2. The van der Waals surface area contributed by atoms with E-state index in [2.05, 4.69) is 12.1 Å². The number of benzene rings is 1. The van der Waals surface area contributed by atoms with Gasteiger partial charge in [-0.15, -0.1) is 12.4 Å². The van der Waals surface area contributed by atoms with Crippen molar-refractivity contribution in [2.75, 3.05) is 13.6 Å². The molecule has 16 heavy (non-hydrogen) atoms. The van der Waals surface area contributed by atoms with Crippen LogP contribution in [0.2, 0.25) is 0 Å². The fourth-order valence-corrected chi connectivity index (χ4v) is 2.16. The van der Waals surface area contributed by atoms with Gasteiger partial charge in [-0.3, -0.25) is 4.79 Å². The first-order valence-corrected chi connectivity index (χ1v) is 5.25. The van der Waals surface area contributed by atoms with Gasteiger partial charge in [0.25, 0.3) is 0 Å². The largest absolute Gasteiger partial charge is 0.341 e. The van der Waals surface area contributed by atoms with Crippen LogP contribution >= 0.6 is 12.4 Å². The van der Waals surface area contributed by atoms with Crippen molar-refractivity contribution in [1.82, 2.24) is 4.90 Å². The Hall–Kier alpha value is -1.06. The summed E-state index contributed by atoms with van der Waals surface area (Å²) in [7, 11) is 1.84. The van der Waals surface area contributed by atoms with Gasteiger partial charge in [-0.05, 0) is 24.0 Å². The molecule has 2 N–H and O–H groups in total. The number of nitrogens with zero attached hydrogens (tertiary/aromatic N) is 1. The lowest BCUT2D eigenvalue weighted by atomic mass is 10.1. The van der Waals surface area contributed by atoms with E-state index in [0.717, 1.165) is 12.8 Å². The molecule has 1 aromatic rings. The first-order valence-electron chi connectivity index (χ1n) is 5.25. The Labute approximate surface area is 102 Å². The highest BCUT2D eigenvalue weighted by Crippen LogP contribution is 2.24. The molecule has 0 saturated heterocycles. The third-order valence-electron chi connectivity index (χ3n) is 3.15. The molecular weight excluding hydrogens is 224 g/mol. The summed E-state index contributed by atoms with van der Waals surface area (Å²) in [5.74, 6) is 0.0211. The highest BCUT2D eigenvalue weighted by Gasteiger charge is 2.26. The summed E-state index contributed by atoms with van der Waals surface area (Å²) in [6.07, 6.45) is 1.91. The second-order valence-corrected chi connectivity index (χ2v) is 4.04. The molecule has 0 aromatic heterocycles. The Morgan fingerprint density at radius 2 is 1.88 bits per heavy atom. The van der Waals surface area contributed by atoms with Crippen molar-refractivity contribution in [3.8, 4) is 0 Å². The van der Waals surface area contributed by atoms with Crippen molar-refractivity contribution >= 4 is 18.3 Å². The van der Waals surface area contributed by atoms with E-state index in [9.17, 15) is 4.79 Å². The van der Waals surface area contributed by atoms with E-state index >= 15 is 0 Å². The summed E-state index contributed by atoms with van der Waals surface area (Å²) < 4.78 is 0. The molecule has 1 aromatic carbocycles. The normalized spacial score (nSPS) is 14.1. The van der Waals surface area contributed by atoms with Gasteiger partial charge in [0.1, 0.15) is 0 Å². The summed E-state index contributed by atoms with van der Waals surface area (Å²) in [4.78, 5) is 13.2. The third kappa shape index (κ3) is 2.36. The molecule has 1 aliphatic carbocycles. The molecule has 0 fully saturated rings. The van der Waals surface area contributed by atoms with Crippen LogP contribution < -0.4 is 5.73 Å². The summed E-state index contributed by atoms with van der Waals surface area (Å²) >= 11 is 0. The van der Waals surface area contributed by atoms with Crippen LogP contribution in [0.5, 0.6) is 0 Å². The number of likely N-dealkylation sites (N-methyl/N-ethyl adjacent to an activating group) is 1. The number of carbonyl (C=O) groups excluding carboxylic acids is 1. The standard InChI is InChI=1S/C12H16N2O.ClH/c1-14(12(15)8-13)11-6-9-4-2-3-5-10(9)7-11;/h2-5,11H,6-8,13H2,1H3;1H. The molecule has 0 radical (unpaired) electrons. The Morgan fingerprint density at radius 1 is 1.38 bits per heavy atom. The van der Waals surface area contributed by atoms with Gasteiger partial charge < -0.3 is 10.6 Å². The Balaban J connectivity index is 0.00000128. The summed E-state index contributed by atoms with van der Waals surface area (Å²) in [5, 5.41) is 0. The second-order valence-electron chi connectivity index (χ2n) is 4.04. The highest BCUT2D eigenvalue weighted by molar-refractivity contribution is 5.85. The molecule has 4 heteroatoms. The van der Waals surface area contributed by atoms with Crippen molar-refractivity contribution in [1.29, 1.82) is 0 Å². The zero-order chi connectivity index (χ0) is 10.8. The van der Waals surface area contributed by atoms with Crippen molar-refractivity contribution in [2.45, 2.75) is 18.9 Å². The van der Waals surface area contributed by atoms with Crippen LogP contribution in [0.25, 0.3) is 0 Å². The molecule has 3 nitrogen and oxygen atoms in total. The molecule has 0 atom stereocenters. The predicted octanol–water partition coefficient (Wildman–Crippen LogP) is 0.993. The third-order valence-corrected chi connectivity index (χ3v) is 3.15. The molecule has 1 amide bonds. The lowest BCUT2D eigenvalue weighted by Gasteiger charge is -2.23. The first kappa shape index (κ1) is 13.0. The zero-order valence-electron chi connectivity index (χ0n) is 9.35. The molecule has 2 rings (SSSR count). The van der Waals surface area contributed by atoms with Gasteiger partial charge in [-0.25, -0.2) is 0 Å². The quantitative estimate of drug-likeness (QED) is 0.838. The van der Waals surface area contributed by atoms with Crippen molar-refractivity contribution in [3.63, 3.8) is 0 Å². The summed E-state index contributed by atoms with van der Waals surface area (Å²) in [6.45, 7) is 0.101. The SMILES string of the molecule is CN(C(=O)CN)C1Cc2ccccc2C1.Cl. The molecular formula is C12H17ClN2O. The Bertz CT molecular complexity index is 356. The van der Waals surface area contributed by atoms with E-state index < -0.39 is 0 Å². The lowest BCUT2D eigenvalue weighted by Crippen LogP contribution is -2.41. The maximum Gasteiger partial charge on any atom is 0.236 e. The van der Waals surface area contributed by atoms with E-state index in [0.29, 0.717) is 6.04 Å². The van der Waals surface area contributed by atoms with Crippen LogP contribution in [0.3, 0.4) is 0 Å². The number of nitrogens with two attached hydrogens (primary N) is 1. The Morgan fingerprint density at radius 3 is 2.31 bits per heavy atom. The van der Waals surface area contributed by atoms with Crippen LogP contribution in [0.1, 0.15) is 11.1 Å². The van der Waals surface area contributed by atoms with E-state index in [4.69, 9.17) is 5.73 Å². The van der Waals surface area contributed by atoms with E-state index in [1.54, 1.807) is 4.90 Å². The van der Waals surface area contributed by atoms with Gasteiger partial charge in [0, 0.05) is 13.1 Å². The average Bonchev–Trinajstić information content (AvgIpc) is 2.70. The molecule has 88 valence electrons. The van der Waals surface area contributed by atoms with Crippen molar-refractivity contribution < 1.29 is 4.79 Å². The van der Waals surface area contributed by atoms with Crippen LogP contribution in [0.4, 0.5) is 0 Å². The molecule has 0 heterocycles. The van der Waals surface area contributed by atoms with Gasteiger partial charge >= 0.3 is 0 Å². The second kappa shape index (κ2) is 5.32. The van der Waals surface area contributed by atoms with Gasteiger partial charge in [-0.2, -0.15) is 0 Å². The number of carbonyl (C=O) groups is 1. The number of amides is 1. The fourth-order valence-electron chi connectivity index (χ4n) is 2.16. The fraction of sp³-hybridized carbons (Fsp3) is 0.417. The number of halogens is 1. The van der Waals surface area contributed by atoms with Crippen LogP contribution in [-0.2, 0) is 17.6 Å². The smallest absolute Gasteiger partial charge is 0.236 e. The molecule has 0 bridgehead atoms. The summed E-state index contributed by atoms with van der Waals surface area (Å²) in [6, 6.07) is 8.66. The van der Waals surface area contributed by atoms with Gasteiger partial charge in [0.2, 0.25) is 5.91 Å². The Kier molecular flexibility index (Phi) is 4.33. The topological polar surface area (TPSA) is 46.3 Å². The van der Waals surface area contributed by atoms with Crippen LogP contribution in [0.15, 0.2) is 24.3 Å². The molecule has 1 aliphatic rings. The first-order chi connectivity index (χ1) is 7.22. The molecule has 0 spiro atoms. The summed E-state index contributed by atoms with van der Waals surface area (Å²) in [5.41, 5.74) is 8.08. The van der Waals surface area contributed by atoms with Crippen LogP contribution in [0, 0.1) is 0 Å². The van der Waals surface area contributed by atoms with Crippen molar-refractivity contribution in [2.24, 2.45) is 5.73 Å². The number of fused-ring (bicyclic) bond motifs is 1. The molecule has 0 aliphatic heterocycles. The van der Waals surface area contributed by atoms with E-state index in [1.165, 1.54) is 11.1 Å². The van der Waals surface area contributed by atoms with E-state index in [1.807, 2.05) is 19.2 Å². The minimum absolute atomic E-state index is 0. The average molecular weight is 241 g/mol.